The number of nitrogens with one attached hydrogen (secondary N) is 1. The summed E-state index contributed by atoms with van der Waals surface area (Å²) in [6, 6.07) is 0.938. The van der Waals surface area contributed by atoms with Crippen LogP contribution in [0.3, 0.4) is 0 Å². The van der Waals surface area contributed by atoms with Crippen LogP contribution < -0.4 is 11.1 Å². The van der Waals surface area contributed by atoms with Crippen molar-refractivity contribution in [3.05, 3.63) is 18.0 Å². The van der Waals surface area contributed by atoms with E-state index in [1.54, 1.807) is 0 Å². The quantitative estimate of drug-likeness (QED) is 0.800. The zero-order valence-corrected chi connectivity index (χ0v) is 11.0. The number of rotatable bonds is 3. The molecule has 0 bridgehead atoms. The van der Waals surface area contributed by atoms with Crippen LogP contribution in [0.5, 0.6) is 0 Å². The second-order valence-electron chi connectivity index (χ2n) is 5.21. The molecule has 1 fully saturated rings. The summed E-state index contributed by atoms with van der Waals surface area (Å²) in [5, 5.41) is 12.4. The number of nitrogen functional groups attached to an aromatic ring is 1. The number of aliphatic hydroxyl groups excluding tert-OH is 1. The Balaban J connectivity index is 1.98. The summed E-state index contributed by atoms with van der Waals surface area (Å²) in [4.78, 5) is 3.29. The van der Waals surface area contributed by atoms with Gasteiger partial charge in [0.15, 0.2) is 0 Å². The maximum atomic E-state index is 12.6. The minimum absolute atomic E-state index is 0.203. The second kappa shape index (κ2) is 5.87. The van der Waals surface area contributed by atoms with E-state index in [0.29, 0.717) is 12.5 Å². The van der Waals surface area contributed by atoms with Crippen LogP contribution in [0.25, 0.3) is 0 Å². The molecule has 4 nitrogen and oxygen atoms in total. The Morgan fingerprint density at radius 1 is 1.30 bits per heavy atom. The number of anilines is 2. The van der Waals surface area contributed by atoms with Gasteiger partial charge in [0.2, 0.25) is 0 Å². The standard InChI is InChI=1S/C13H18F3N3O/c14-13(15,16)12-5-11(10(17)7-19-12)18-6-8-1-3-9(20)4-2-8/h5,7-9,20H,1-4,6,17H2,(H,18,19). The van der Waals surface area contributed by atoms with Gasteiger partial charge >= 0.3 is 6.18 Å². The number of alkyl halides is 3. The summed E-state index contributed by atoms with van der Waals surface area (Å²) in [5.74, 6) is 0.348. The lowest BCUT2D eigenvalue weighted by Gasteiger charge is -2.26. The number of nitrogens with two attached hydrogens (primary N) is 1. The van der Waals surface area contributed by atoms with Crippen molar-refractivity contribution < 1.29 is 18.3 Å². The average molecular weight is 289 g/mol. The van der Waals surface area contributed by atoms with E-state index in [9.17, 15) is 18.3 Å². The molecule has 0 saturated heterocycles. The zero-order valence-electron chi connectivity index (χ0n) is 11.0. The smallest absolute Gasteiger partial charge is 0.396 e. The summed E-state index contributed by atoms with van der Waals surface area (Å²) in [6.45, 7) is 0.554. The largest absolute Gasteiger partial charge is 0.433 e. The molecule has 4 N–H and O–H groups in total. The number of hydrogen-bond acceptors (Lipinski definition) is 4. The monoisotopic (exact) mass is 289 g/mol. The molecule has 0 spiro atoms. The first kappa shape index (κ1) is 14.9. The molecule has 1 aliphatic rings. The van der Waals surface area contributed by atoms with Gasteiger partial charge in [-0.2, -0.15) is 13.2 Å². The molecule has 0 aromatic carbocycles. The van der Waals surface area contributed by atoms with Crippen molar-refractivity contribution in [2.75, 3.05) is 17.6 Å². The van der Waals surface area contributed by atoms with E-state index in [2.05, 4.69) is 10.3 Å². The number of hydrogen-bond donors (Lipinski definition) is 3. The Kier molecular flexibility index (Phi) is 4.37. The lowest BCUT2D eigenvalue weighted by Crippen LogP contribution is -2.24. The molecule has 0 amide bonds. The average Bonchev–Trinajstić information content (AvgIpc) is 2.38. The Hall–Kier alpha value is -1.50. The van der Waals surface area contributed by atoms with Crippen LogP contribution in [0.4, 0.5) is 24.5 Å². The van der Waals surface area contributed by atoms with E-state index in [1.165, 1.54) is 0 Å². The third kappa shape index (κ3) is 3.75. The predicted molar refractivity (Wildman–Crippen MR) is 70.1 cm³/mol. The van der Waals surface area contributed by atoms with Crippen molar-refractivity contribution in [2.24, 2.45) is 5.92 Å². The van der Waals surface area contributed by atoms with E-state index in [4.69, 9.17) is 5.73 Å². The van der Waals surface area contributed by atoms with Gasteiger partial charge in [0, 0.05) is 6.54 Å². The molecule has 7 heteroatoms. The summed E-state index contributed by atoms with van der Waals surface area (Å²) >= 11 is 0. The Morgan fingerprint density at radius 2 is 1.95 bits per heavy atom. The normalized spacial score (nSPS) is 23.6. The van der Waals surface area contributed by atoms with Crippen LogP contribution >= 0.6 is 0 Å². The summed E-state index contributed by atoms with van der Waals surface area (Å²) < 4.78 is 37.7. The maximum absolute atomic E-state index is 12.6. The van der Waals surface area contributed by atoms with Crippen molar-refractivity contribution >= 4 is 11.4 Å². The van der Waals surface area contributed by atoms with Gasteiger partial charge in [-0.1, -0.05) is 0 Å². The highest BCUT2D eigenvalue weighted by molar-refractivity contribution is 5.65. The molecule has 1 aliphatic carbocycles. The molecular weight excluding hydrogens is 271 g/mol. The van der Waals surface area contributed by atoms with Gasteiger partial charge in [0.05, 0.1) is 23.7 Å². The number of aliphatic hydroxyl groups is 1. The van der Waals surface area contributed by atoms with Crippen LogP contribution in [0.15, 0.2) is 12.3 Å². The fourth-order valence-electron chi connectivity index (χ4n) is 2.38. The van der Waals surface area contributed by atoms with Crippen molar-refractivity contribution in [3.8, 4) is 0 Å². The first-order chi connectivity index (χ1) is 9.36. The minimum Gasteiger partial charge on any atom is -0.396 e. The first-order valence-corrected chi connectivity index (χ1v) is 6.61. The van der Waals surface area contributed by atoms with Gasteiger partial charge in [0.25, 0.3) is 0 Å². The molecule has 1 saturated carbocycles. The molecule has 2 rings (SSSR count). The fraction of sp³-hybridized carbons (Fsp3) is 0.615. The van der Waals surface area contributed by atoms with Gasteiger partial charge in [-0.3, -0.25) is 0 Å². The third-order valence-corrected chi connectivity index (χ3v) is 3.62. The van der Waals surface area contributed by atoms with Crippen LogP contribution in [-0.2, 0) is 6.18 Å². The van der Waals surface area contributed by atoms with Gasteiger partial charge < -0.3 is 16.2 Å². The molecule has 1 heterocycles. The van der Waals surface area contributed by atoms with Crippen molar-refractivity contribution in [3.63, 3.8) is 0 Å². The summed E-state index contributed by atoms with van der Waals surface area (Å²) in [5.41, 5.74) is 5.15. The van der Waals surface area contributed by atoms with Crippen LogP contribution in [0, 0.1) is 5.92 Å². The molecule has 1 aromatic rings. The fourth-order valence-corrected chi connectivity index (χ4v) is 2.38. The highest BCUT2D eigenvalue weighted by atomic mass is 19.4. The molecule has 0 aliphatic heterocycles. The number of halogens is 3. The molecule has 0 radical (unpaired) electrons. The highest BCUT2D eigenvalue weighted by Gasteiger charge is 2.33. The third-order valence-electron chi connectivity index (χ3n) is 3.62. The molecule has 112 valence electrons. The van der Waals surface area contributed by atoms with Crippen LogP contribution in [0.1, 0.15) is 31.4 Å². The van der Waals surface area contributed by atoms with E-state index >= 15 is 0 Å². The lowest BCUT2D eigenvalue weighted by molar-refractivity contribution is -0.141. The van der Waals surface area contributed by atoms with E-state index < -0.39 is 11.9 Å². The van der Waals surface area contributed by atoms with Crippen LogP contribution in [-0.4, -0.2) is 22.7 Å². The molecule has 1 aromatic heterocycles. The van der Waals surface area contributed by atoms with Gasteiger partial charge in [0.1, 0.15) is 5.69 Å². The summed E-state index contributed by atoms with van der Waals surface area (Å²) in [7, 11) is 0. The Morgan fingerprint density at radius 3 is 2.55 bits per heavy atom. The molecular formula is C13H18F3N3O. The maximum Gasteiger partial charge on any atom is 0.433 e. The SMILES string of the molecule is Nc1cnc(C(F)(F)F)cc1NCC1CCC(O)CC1. The van der Waals surface area contributed by atoms with E-state index in [-0.39, 0.29) is 17.5 Å². The molecule has 0 atom stereocenters. The van der Waals surface area contributed by atoms with Crippen LogP contribution in [0.2, 0.25) is 0 Å². The molecule has 0 unspecified atom stereocenters. The Labute approximate surface area is 115 Å². The second-order valence-corrected chi connectivity index (χ2v) is 5.21. The molecule has 20 heavy (non-hydrogen) atoms. The zero-order chi connectivity index (χ0) is 14.8. The van der Waals surface area contributed by atoms with E-state index in [1.807, 2.05) is 0 Å². The van der Waals surface area contributed by atoms with Gasteiger partial charge in [-0.05, 0) is 37.7 Å². The van der Waals surface area contributed by atoms with Gasteiger partial charge in [-0.15, -0.1) is 0 Å². The number of aromatic nitrogens is 1. The topological polar surface area (TPSA) is 71.2 Å². The predicted octanol–water partition coefficient (Wildman–Crippen LogP) is 2.65. The van der Waals surface area contributed by atoms with Crippen molar-refractivity contribution in [2.45, 2.75) is 38.0 Å². The van der Waals surface area contributed by atoms with Crippen molar-refractivity contribution in [1.82, 2.24) is 4.98 Å². The first-order valence-electron chi connectivity index (χ1n) is 6.61. The Bertz CT molecular complexity index is 457. The lowest BCUT2D eigenvalue weighted by atomic mass is 9.87. The van der Waals surface area contributed by atoms with E-state index in [0.717, 1.165) is 37.9 Å². The van der Waals surface area contributed by atoms with Crippen molar-refractivity contribution in [1.29, 1.82) is 0 Å². The highest BCUT2D eigenvalue weighted by Crippen LogP contribution is 2.31. The van der Waals surface area contributed by atoms with Gasteiger partial charge in [-0.25, -0.2) is 4.98 Å². The number of pyridine rings is 1. The minimum atomic E-state index is -4.47. The summed E-state index contributed by atoms with van der Waals surface area (Å²) in [6.07, 6.45) is -0.474. The number of nitrogens with zero attached hydrogens (tertiary/aromatic N) is 1.